The summed E-state index contributed by atoms with van der Waals surface area (Å²) >= 11 is 0. The molecular weight excluding hydrogens is 342 g/mol. The fraction of sp³-hybridized carbons (Fsp3) is 0.294. The SMILES string of the molecule is CCCCOC(=O)Cc1c(N)n[nH]c1-c1ccccc1.O=C(O)C(=O)O. The highest BCUT2D eigenvalue weighted by Gasteiger charge is 2.16. The molecule has 0 saturated carbocycles. The van der Waals surface area contributed by atoms with Gasteiger partial charge in [0.1, 0.15) is 5.82 Å². The Bertz CT molecular complexity index is 730. The number of aromatic nitrogens is 2. The minimum Gasteiger partial charge on any atom is -0.473 e. The number of benzene rings is 1. The number of aliphatic carboxylic acids is 2. The first-order valence-corrected chi connectivity index (χ1v) is 7.86. The average molecular weight is 363 g/mol. The molecule has 0 bridgehead atoms. The smallest absolute Gasteiger partial charge is 0.414 e. The topological polar surface area (TPSA) is 156 Å². The number of carboxylic acid groups (broad SMARTS) is 2. The van der Waals surface area contributed by atoms with E-state index < -0.39 is 11.9 Å². The molecule has 0 saturated heterocycles. The molecule has 0 fully saturated rings. The number of anilines is 1. The third kappa shape index (κ3) is 6.63. The Morgan fingerprint density at radius 2 is 1.77 bits per heavy atom. The monoisotopic (exact) mass is 363 g/mol. The van der Waals surface area contributed by atoms with Crippen molar-refractivity contribution in [2.24, 2.45) is 0 Å². The Hall–Kier alpha value is -3.36. The van der Waals surface area contributed by atoms with Crippen LogP contribution in [0.5, 0.6) is 0 Å². The van der Waals surface area contributed by atoms with E-state index in [1.165, 1.54) is 0 Å². The number of nitrogens with zero attached hydrogens (tertiary/aromatic N) is 1. The maximum Gasteiger partial charge on any atom is 0.414 e. The van der Waals surface area contributed by atoms with Gasteiger partial charge >= 0.3 is 17.9 Å². The van der Waals surface area contributed by atoms with Crippen molar-refractivity contribution in [1.82, 2.24) is 10.2 Å². The number of rotatable bonds is 6. The predicted molar refractivity (Wildman–Crippen MR) is 93.3 cm³/mol. The number of ether oxygens (including phenoxy) is 1. The molecule has 2 aromatic rings. The lowest BCUT2D eigenvalue weighted by atomic mass is 10.1. The molecule has 2 rings (SSSR count). The molecule has 0 aliphatic rings. The summed E-state index contributed by atoms with van der Waals surface area (Å²) in [5, 5.41) is 21.7. The van der Waals surface area contributed by atoms with Gasteiger partial charge in [0.05, 0.1) is 18.7 Å². The van der Waals surface area contributed by atoms with E-state index in [1.54, 1.807) is 0 Å². The van der Waals surface area contributed by atoms with Gasteiger partial charge in [-0.15, -0.1) is 0 Å². The van der Waals surface area contributed by atoms with E-state index in [2.05, 4.69) is 17.1 Å². The van der Waals surface area contributed by atoms with Crippen LogP contribution in [-0.4, -0.2) is 44.9 Å². The Morgan fingerprint density at radius 3 is 2.31 bits per heavy atom. The second-order valence-electron chi connectivity index (χ2n) is 5.19. The second-order valence-corrected chi connectivity index (χ2v) is 5.19. The van der Waals surface area contributed by atoms with Gasteiger partial charge in [-0.25, -0.2) is 9.59 Å². The van der Waals surface area contributed by atoms with Crippen molar-refractivity contribution in [1.29, 1.82) is 0 Å². The summed E-state index contributed by atoms with van der Waals surface area (Å²) in [7, 11) is 0. The zero-order chi connectivity index (χ0) is 19.5. The lowest BCUT2D eigenvalue weighted by Crippen LogP contribution is -2.10. The number of hydrogen-bond donors (Lipinski definition) is 4. The predicted octanol–water partition coefficient (Wildman–Crippen LogP) is 1.70. The van der Waals surface area contributed by atoms with Crippen molar-refractivity contribution in [3.8, 4) is 11.3 Å². The molecular formula is C17H21N3O6. The molecule has 1 heterocycles. The van der Waals surface area contributed by atoms with Crippen LogP contribution < -0.4 is 5.73 Å². The number of unbranched alkanes of at least 4 members (excludes halogenated alkanes) is 1. The van der Waals surface area contributed by atoms with E-state index >= 15 is 0 Å². The molecule has 0 aliphatic carbocycles. The minimum absolute atomic E-state index is 0.135. The number of nitrogen functional groups attached to an aromatic ring is 1. The Labute approximate surface area is 149 Å². The highest BCUT2D eigenvalue weighted by atomic mass is 16.5. The van der Waals surface area contributed by atoms with Gasteiger partial charge in [0.2, 0.25) is 0 Å². The van der Waals surface area contributed by atoms with Gasteiger partial charge in [-0.05, 0) is 12.0 Å². The average Bonchev–Trinajstić information content (AvgIpc) is 2.97. The fourth-order valence-corrected chi connectivity index (χ4v) is 1.93. The molecule has 9 heteroatoms. The van der Waals surface area contributed by atoms with Crippen LogP contribution in [0.15, 0.2) is 30.3 Å². The summed E-state index contributed by atoms with van der Waals surface area (Å²) in [5.41, 5.74) is 8.25. The molecule has 1 aromatic heterocycles. The first kappa shape index (κ1) is 20.7. The van der Waals surface area contributed by atoms with Gasteiger partial charge in [0, 0.05) is 5.56 Å². The molecule has 5 N–H and O–H groups in total. The number of aromatic amines is 1. The van der Waals surface area contributed by atoms with Crippen LogP contribution >= 0.6 is 0 Å². The number of esters is 1. The molecule has 0 unspecified atom stereocenters. The zero-order valence-corrected chi connectivity index (χ0v) is 14.3. The van der Waals surface area contributed by atoms with Crippen molar-refractivity contribution in [3.05, 3.63) is 35.9 Å². The largest absolute Gasteiger partial charge is 0.473 e. The normalized spacial score (nSPS) is 9.73. The van der Waals surface area contributed by atoms with Crippen LogP contribution in [0.25, 0.3) is 11.3 Å². The molecule has 140 valence electrons. The summed E-state index contributed by atoms with van der Waals surface area (Å²) < 4.78 is 5.17. The van der Waals surface area contributed by atoms with Crippen molar-refractivity contribution >= 4 is 23.7 Å². The van der Waals surface area contributed by atoms with Crippen molar-refractivity contribution < 1.29 is 29.3 Å². The van der Waals surface area contributed by atoms with Crippen LogP contribution in [-0.2, 0) is 25.5 Å². The number of hydrogen-bond acceptors (Lipinski definition) is 6. The third-order valence-electron chi connectivity index (χ3n) is 3.23. The molecule has 9 nitrogen and oxygen atoms in total. The molecule has 0 spiro atoms. The standard InChI is InChI=1S/C15H19N3O2.C2H2O4/c1-2-3-9-20-13(19)10-12-14(17-18-15(12)16)11-7-5-4-6-8-11;3-1(4)2(5)6/h4-8H,2-3,9-10H2,1H3,(H3,16,17,18);(H,3,4)(H,5,6). The number of carbonyl (C=O) groups excluding carboxylic acids is 1. The van der Waals surface area contributed by atoms with Crippen molar-refractivity contribution in [3.63, 3.8) is 0 Å². The summed E-state index contributed by atoms with van der Waals surface area (Å²) in [4.78, 5) is 30.0. The zero-order valence-electron chi connectivity index (χ0n) is 14.3. The number of nitrogens with one attached hydrogen (secondary N) is 1. The maximum atomic E-state index is 11.8. The Morgan fingerprint density at radius 1 is 1.15 bits per heavy atom. The van der Waals surface area contributed by atoms with Crippen molar-refractivity contribution in [2.75, 3.05) is 12.3 Å². The molecule has 1 aromatic carbocycles. The van der Waals surface area contributed by atoms with E-state index in [0.29, 0.717) is 18.0 Å². The minimum atomic E-state index is -1.82. The van der Waals surface area contributed by atoms with Gasteiger partial charge in [0.15, 0.2) is 0 Å². The third-order valence-corrected chi connectivity index (χ3v) is 3.23. The van der Waals surface area contributed by atoms with E-state index in [9.17, 15) is 4.79 Å². The van der Waals surface area contributed by atoms with Crippen LogP contribution in [0.1, 0.15) is 25.3 Å². The summed E-state index contributed by atoms with van der Waals surface area (Å²) in [6.45, 7) is 2.50. The van der Waals surface area contributed by atoms with Crippen LogP contribution in [0, 0.1) is 0 Å². The Kier molecular flexibility index (Phi) is 8.35. The number of carbonyl (C=O) groups is 3. The lowest BCUT2D eigenvalue weighted by molar-refractivity contribution is -0.159. The van der Waals surface area contributed by atoms with E-state index in [1.807, 2.05) is 30.3 Å². The van der Waals surface area contributed by atoms with Crippen LogP contribution in [0.4, 0.5) is 5.82 Å². The Balaban J connectivity index is 0.000000487. The van der Waals surface area contributed by atoms with Gasteiger partial charge in [-0.1, -0.05) is 43.7 Å². The molecule has 0 radical (unpaired) electrons. The molecule has 26 heavy (non-hydrogen) atoms. The van der Waals surface area contributed by atoms with E-state index in [-0.39, 0.29) is 12.4 Å². The van der Waals surface area contributed by atoms with Gasteiger partial charge < -0.3 is 20.7 Å². The highest BCUT2D eigenvalue weighted by molar-refractivity contribution is 6.27. The van der Waals surface area contributed by atoms with E-state index in [4.69, 9.17) is 30.3 Å². The maximum absolute atomic E-state index is 11.8. The summed E-state index contributed by atoms with van der Waals surface area (Å²) in [5.74, 6) is -3.58. The van der Waals surface area contributed by atoms with Gasteiger partial charge in [-0.3, -0.25) is 9.89 Å². The summed E-state index contributed by atoms with van der Waals surface area (Å²) in [6, 6.07) is 9.67. The quantitative estimate of drug-likeness (QED) is 0.343. The molecule has 0 aliphatic heterocycles. The number of nitrogens with two attached hydrogens (primary N) is 1. The summed E-state index contributed by atoms with van der Waals surface area (Å²) in [6.07, 6.45) is 2.00. The van der Waals surface area contributed by atoms with Crippen LogP contribution in [0.2, 0.25) is 0 Å². The van der Waals surface area contributed by atoms with Crippen LogP contribution in [0.3, 0.4) is 0 Å². The first-order chi connectivity index (χ1) is 12.4. The number of H-pyrrole nitrogens is 1. The highest BCUT2D eigenvalue weighted by Crippen LogP contribution is 2.25. The lowest BCUT2D eigenvalue weighted by Gasteiger charge is -2.05. The molecule has 0 amide bonds. The fourth-order valence-electron chi connectivity index (χ4n) is 1.93. The van der Waals surface area contributed by atoms with Gasteiger partial charge in [-0.2, -0.15) is 5.10 Å². The van der Waals surface area contributed by atoms with Crippen molar-refractivity contribution in [2.45, 2.75) is 26.2 Å². The first-order valence-electron chi connectivity index (χ1n) is 7.86. The van der Waals surface area contributed by atoms with E-state index in [0.717, 1.165) is 24.1 Å². The second kappa shape index (κ2) is 10.5. The van der Waals surface area contributed by atoms with Gasteiger partial charge in [0.25, 0.3) is 0 Å². The molecule has 0 atom stereocenters. The number of carboxylic acids is 2.